The van der Waals surface area contributed by atoms with Crippen molar-refractivity contribution in [2.75, 3.05) is 5.32 Å². The quantitative estimate of drug-likeness (QED) is 0.891. The van der Waals surface area contributed by atoms with Crippen LogP contribution in [0.4, 0.5) is 5.69 Å². The third-order valence-electron chi connectivity index (χ3n) is 3.30. The summed E-state index contributed by atoms with van der Waals surface area (Å²) in [5.74, 6) is -0.514. The summed E-state index contributed by atoms with van der Waals surface area (Å²) in [5.41, 5.74) is 1.82. The van der Waals surface area contributed by atoms with Gasteiger partial charge in [-0.15, -0.1) is 0 Å². The molecular formula is C17H20N2O3. The van der Waals surface area contributed by atoms with E-state index >= 15 is 0 Å². The summed E-state index contributed by atoms with van der Waals surface area (Å²) < 4.78 is 5.04. The van der Waals surface area contributed by atoms with E-state index in [9.17, 15) is 9.59 Å². The molecule has 2 rings (SSSR count). The van der Waals surface area contributed by atoms with Gasteiger partial charge in [0, 0.05) is 5.69 Å². The molecule has 116 valence electrons. The molecule has 0 bridgehead atoms. The van der Waals surface area contributed by atoms with Crippen molar-refractivity contribution in [2.45, 2.75) is 26.8 Å². The van der Waals surface area contributed by atoms with Crippen LogP contribution in [0.1, 0.15) is 30.0 Å². The average Bonchev–Trinajstić information content (AvgIpc) is 3.00. The number of aryl methyl sites for hydroxylation is 1. The van der Waals surface area contributed by atoms with Gasteiger partial charge in [-0.2, -0.15) is 0 Å². The van der Waals surface area contributed by atoms with Crippen molar-refractivity contribution in [3.8, 4) is 0 Å². The molecule has 1 atom stereocenters. The van der Waals surface area contributed by atoms with E-state index in [2.05, 4.69) is 10.6 Å². The van der Waals surface area contributed by atoms with Gasteiger partial charge in [0.1, 0.15) is 6.04 Å². The molecule has 0 aliphatic carbocycles. The first-order valence-corrected chi connectivity index (χ1v) is 7.19. The van der Waals surface area contributed by atoms with Crippen LogP contribution in [-0.2, 0) is 4.79 Å². The number of anilines is 1. The summed E-state index contributed by atoms with van der Waals surface area (Å²) >= 11 is 0. The van der Waals surface area contributed by atoms with Crippen molar-refractivity contribution in [1.29, 1.82) is 0 Å². The molecule has 0 saturated heterocycles. The predicted octanol–water partition coefficient (Wildman–Crippen LogP) is 2.98. The molecule has 0 unspecified atom stereocenters. The number of carbonyl (C=O) groups excluding carboxylic acids is 2. The van der Waals surface area contributed by atoms with Crippen LogP contribution in [0.15, 0.2) is 47.1 Å². The molecule has 2 N–H and O–H groups in total. The Balaban J connectivity index is 2.05. The first-order chi connectivity index (χ1) is 10.5. The van der Waals surface area contributed by atoms with Crippen LogP contribution >= 0.6 is 0 Å². The Morgan fingerprint density at radius 2 is 1.77 bits per heavy atom. The van der Waals surface area contributed by atoms with Gasteiger partial charge in [0.2, 0.25) is 5.91 Å². The van der Waals surface area contributed by atoms with Crippen LogP contribution in [-0.4, -0.2) is 17.9 Å². The smallest absolute Gasteiger partial charge is 0.287 e. The maximum Gasteiger partial charge on any atom is 0.287 e. The molecule has 22 heavy (non-hydrogen) atoms. The Bertz CT molecular complexity index is 630. The minimum atomic E-state index is -0.640. The molecule has 0 spiro atoms. The molecule has 0 aliphatic heterocycles. The predicted molar refractivity (Wildman–Crippen MR) is 84.6 cm³/mol. The Labute approximate surface area is 129 Å². The normalized spacial score (nSPS) is 12.0. The molecule has 2 amide bonds. The summed E-state index contributed by atoms with van der Waals surface area (Å²) in [6.07, 6.45) is 1.42. The summed E-state index contributed by atoms with van der Waals surface area (Å²) in [7, 11) is 0. The van der Waals surface area contributed by atoms with Crippen LogP contribution in [0.3, 0.4) is 0 Å². The SMILES string of the molecule is Cc1ccc(NC(=O)[C@H](NC(=O)c2ccco2)C(C)C)cc1. The van der Waals surface area contributed by atoms with Crippen molar-refractivity contribution in [1.82, 2.24) is 5.32 Å². The highest BCUT2D eigenvalue weighted by atomic mass is 16.3. The van der Waals surface area contributed by atoms with E-state index in [1.54, 1.807) is 12.1 Å². The fourth-order valence-electron chi connectivity index (χ4n) is 2.01. The van der Waals surface area contributed by atoms with Gasteiger partial charge in [0.25, 0.3) is 5.91 Å². The minimum Gasteiger partial charge on any atom is -0.459 e. The van der Waals surface area contributed by atoms with Gasteiger partial charge >= 0.3 is 0 Å². The fraction of sp³-hybridized carbons (Fsp3) is 0.294. The first kappa shape index (κ1) is 15.8. The molecule has 0 radical (unpaired) electrons. The lowest BCUT2D eigenvalue weighted by molar-refractivity contribution is -0.118. The fourth-order valence-corrected chi connectivity index (χ4v) is 2.01. The second kappa shape index (κ2) is 6.93. The van der Waals surface area contributed by atoms with Crippen LogP contribution in [0, 0.1) is 12.8 Å². The first-order valence-electron chi connectivity index (χ1n) is 7.19. The Morgan fingerprint density at radius 3 is 2.32 bits per heavy atom. The second-order valence-corrected chi connectivity index (χ2v) is 5.53. The topological polar surface area (TPSA) is 71.3 Å². The van der Waals surface area contributed by atoms with E-state index in [0.717, 1.165) is 5.56 Å². The third-order valence-corrected chi connectivity index (χ3v) is 3.30. The number of nitrogens with one attached hydrogen (secondary N) is 2. The minimum absolute atomic E-state index is 0.0515. The zero-order chi connectivity index (χ0) is 16.1. The molecule has 1 aromatic carbocycles. The van der Waals surface area contributed by atoms with Crippen molar-refractivity contribution >= 4 is 17.5 Å². The zero-order valence-electron chi connectivity index (χ0n) is 12.9. The molecular weight excluding hydrogens is 280 g/mol. The van der Waals surface area contributed by atoms with Gasteiger partial charge in [-0.05, 0) is 37.1 Å². The van der Waals surface area contributed by atoms with Gasteiger partial charge < -0.3 is 15.1 Å². The van der Waals surface area contributed by atoms with E-state index in [-0.39, 0.29) is 17.6 Å². The van der Waals surface area contributed by atoms with Crippen molar-refractivity contribution < 1.29 is 14.0 Å². The summed E-state index contributed by atoms with van der Waals surface area (Å²) in [6, 6.07) is 10.1. The molecule has 1 aromatic heterocycles. The molecule has 2 aromatic rings. The van der Waals surface area contributed by atoms with Gasteiger partial charge in [-0.25, -0.2) is 0 Å². The van der Waals surface area contributed by atoms with E-state index in [1.165, 1.54) is 6.26 Å². The van der Waals surface area contributed by atoms with Crippen LogP contribution < -0.4 is 10.6 Å². The van der Waals surface area contributed by atoms with Gasteiger partial charge in [-0.3, -0.25) is 9.59 Å². The Kier molecular flexibility index (Phi) is 4.99. The lowest BCUT2D eigenvalue weighted by atomic mass is 10.0. The largest absolute Gasteiger partial charge is 0.459 e. The molecule has 0 fully saturated rings. The lowest BCUT2D eigenvalue weighted by Crippen LogP contribution is -2.47. The number of carbonyl (C=O) groups is 2. The molecule has 5 nitrogen and oxygen atoms in total. The van der Waals surface area contributed by atoms with Crippen LogP contribution in [0.25, 0.3) is 0 Å². The van der Waals surface area contributed by atoms with E-state index in [4.69, 9.17) is 4.42 Å². The van der Waals surface area contributed by atoms with E-state index in [0.29, 0.717) is 5.69 Å². The summed E-state index contributed by atoms with van der Waals surface area (Å²) in [5, 5.41) is 5.52. The highest BCUT2D eigenvalue weighted by Gasteiger charge is 2.25. The number of rotatable bonds is 5. The molecule has 0 saturated carbocycles. The van der Waals surface area contributed by atoms with Gasteiger partial charge in [-0.1, -0.05) is 31.5 Å². The number of furan rings is 1. The van der Waals surface area contributed by atoms with Crippen molar-refractivity contribution in [3.63, 3.8) is 0 Å². The van der Waals surface area contributed by atoms with E-state index in [1.807, 2.05) is 45.0 Å². The Morgan fingerprint density at radius 1 is 1.09 bits per heavy atom. The standard InChI is InChI=1S/C17H20N2O3/c1-11(2)15(19-16(20)14-5-4-10-22-14)17(21)18-13-8-6-12(3)7-9-13/h4-11,15H,1-3H3,(H,18,21)(H,19,20)/t15-/m1/s1. The summed E-state index contributed by atoms with van der Waals surface area (Å²) in [6.45, 7) is 5.73. The number of benzene rings is 1. The highest BCUT2D eigenvalue weighted by Crippen LogP contribution is 2.12. The Hall–Kier alpha value is -2.56. The van der Waals surface area contributed by atoms with Crippen LogP contribution in [0.5, 0.6) is 0 Å². The van der Waals surface area contributed by atoms with Crippen LogP contribution in [0.2, 0.25) is 0 Å². The molecule has 1 heterocycles. The van der Waals surface area contributed by atoms with Gasteiger partial charge in [0.05, 0.1) is 6.26 Å². The third kappa shape index (κ3) is 3.97. The van der Waals surface area contributed by atoms with E-state index < -0.39 is 11.9 Å². The molecule has 5 heteroatoms. The monoisotopic (exact) mass is 300 g/mol. The second-order valence-electron chi connectivity index (χ2n) is 5.53. The number of hydrogen-bond acceptors (Lipinski definition) is 3. The summed E-state index contributed by atoms with van der Waals surface area (Å²) in [4.78, 5) is 24.4. The highest BCUT2D eigenvalue weighted by molar-refractivity contribution is 6.00. The molecule has 0 aliphatic rings. The lowest BCUT2D eigenvalue weighted by Gasteiger charge is -2.21. The number of amides is 2. The number of hydrogen-bond donors (Lipinski definition) is 2. The zero-order valence-corrected chi connectivity index (χ0v) is 12.9. The van der Waals surface area contributed by atoms with Crippen molar-refractivity contribution in [3.05, 3.63) is 54.0 Å². The van der Waals surface area contributed by atoms with Crippen molar-refractivity contribution in [2.24, 2.45) is 5.92 Å². The maximum atomic E-state index is 12.4. The van der Waals surface area contributed by atoms with Gasteiger partial charge in [0.15, 0.2) is 5.76 Å². The maximum absolute atomic E-state index is 12.4. The average molecular weight is 300 g/mol.